The van der Waals surface area contributed by atoms with Gasteiger partial charge in [0.25, 0.3) is 5.91 Å². The Bertz CT molecular complexity index is 2170. The Morgan fingerprint density at radius 3 is 2.41 bits per heavy atom. The molecule has 1 amide bonds. The van der Waals surface area contributed by atoms with E-state index in [1.54, 1.807) is 26.8 Å². The molecule has 0 saturated heterocycles. The maximum absolute atomic E-state index is 16.1. The van der Waals surface area contributed by atoms with Crippen LogP contribution in [0.25, 0.3) is 33.5 Å². The molecule has 49 heavy (non-hydrogen) atoms. The van der Waals surface area contributed by atoms with Gasteiger partial charge in [-0.1, -0.05) is 36.4 Å². The fourth-order valence-electron chi connectivity index (χ4n) is 6.45. The highest BCUT2D eigenvalue weighted by molar-refractivity contribution is 7.93. The van der Waals surface area contributed by atoms with Crippen molar-refractivity contribution in [1.82, 2.24) is 23.7 Å². The molecule has 1 aliphatic heterocycles. The van der Waals surface area contributed by atoms with E-state index in [9.17, 15) is 17.8 Å². The smallest absolute Gasteiger partial charge is 0.370 e. The van der Waals surface area contributed by atoms with Crippen LogP contribution in [0.1, 0.15) is 49.5 Å². The number of hydrogen-bond acceptors (Lipinski definition) is 6. The number of imidazole rings is 1. The van der Waals surface area contributed by atoms with Gasteiger partial charge in [-0.15, -0.1) is 4.72 Å². The summed E-state index contributed by atoms with van der Waals surface area (Å²) in [6.07, 6.45) is 2.77. The van der Waals surface area contributed by atoms with Gasteiger partial charge in [0.15, 0.2) is 5.82 Å². The van der Waals surface area contributed by atoms with E-state index in [1.165, 1.54) is 35.9 Å². The third-order valence-corrected chi connectivity index (χ3v) is 13.0. The zero-order chi connectivity index (χ0) is 34.9. The molecule has 1 saturated carbocycles. The van der Waals surface area contributed by atoms with Crippen LogP contribution in [0.3, 0.4) is 0 Å². The summed E-state index contributed by atoms with van der Waals surface area (Å²) in [4.78, 5) is 19.6. The predicted molar refractivity (Wildman–Crippen MR) is 187 cm³/mol. The van der Waals surface area contributed by atoms with Crippen LogP contribution in [0.4, 0.5) is 8.78 Å². The summed E-state index contributed by atoms with van der Waals surface area (Å²) in [6, 6.07) is 18.3. The van der Waals surface area contributed by atoms with Crippen LogP contribution < -0.4 is 4.72 Å². The number of aryl methyl sites for hydroxylation is 1. The molecule has 1 fully saturated rings. The highest BCUT2D eigenvalue weighted by atomic mass is 32.2. The lowest BCUT2D eigenvalue weighted by molar-refractivity contribution is 0.0351. The summed E-state index contributed by atoms with van der Waals surface area (Å²) in [5.41, 5.74) is 4.65. The molecule has 2 unspecified atom stereocenters. The predicted octanol–water partition coefficient (Wildman–Crippen LogP) is 6.09. The van der Waals surface area contributed by atoms with Crippen molar-refractivity contribution < 1.29 is 26.5 Å². The second kappa shape index (κ2) is 12.2. The Morgan fingerprint density at radius 2 is 1.71 bits per heavy atom. The van der Waals surface area contributed by atoms with E-state index < -0.39 is 54.6 Å². The van der Waals surface area contributed by atoms with Gasteiger partial charge in [0, 0.05) is 54.5 Å². The van der Waals surface area contributed by atoms with Crippen molar-refractivity contribution in [3.8, 4) is 11.5 Å². The molecule has 13 heteroatoms. The van der Waals surface area contributed by atoms with E-state index in [0.29, 0.717) is 23.4 Å². The molecular formula is C36H39F2N5O4S2. The number of benzene rings is 3. The second-order valence-corrected chi connectivity index (χ2v) is 18.1. The highest BCUT2D eigenvalue weighted by Gasteiger charge is 2.56. The molecule has 3 aromatic carbocycles. The van der Waals surface area contributed by atoms with Crippen LogP contribution in [0, 0.1) is 5.92 Å². The highest BCUT2D eigenvalue weighted by Crippen LogP contribution is 2.38. The minimum atomic E-state index is -5.22. The van der Waals surface area contributed by atoms with Gasteiger partial charge < -0.3 is 18.6 Å². The lowest BCUT2D eigenvalue weighted by Gasteiger charge is -2.36. The minimum absolute atomic E-state index is 0.0828. The van der Waals surface area contributed by atoms with Crippen molar-refractivity contribution in [2.24, 2.45) is 13.0 Å². The van der Waals surface area contributed by atoms with Gasteiger partial charge in [-0.2, -0.15) is 8.78 Å². The minimum Gasteiger partial charge on any atom is -0.598 e. The van der Waals surface area contributed by atoms with Gasteiger partial charge in [0.2, 0.25) is 9.84 Å². The summed E-state index contributed by atoms with van der Waals surface area (Å²) in [6.45, 7) is 5.09. The van der Waals surface area contributed by atoms with Gasteiger partial charge in [-0.3, -0.25) is 4.79 Å². The second-order valence-electron chi connectivity index (χ2n) is 14.1. The molecule has 0 bridgehead atoms. The van der Waals surface area contributed by atoms with Crippen LogP contribution in [0.5, 0.6) is 0 Å². The monoisotopic (exact) mass is 707 g/mol. The zero-order valence-corrected chi connectivity index (χ0v) is 29.5. The Balaban J connectivity index is 1.23. The molecule has 1 aliphatic carbocycles. The lowest BCUT2D eigenvalue weighted by Crippen LogP contribution is -2.60. The van der Waals surface area contributed by atoms with Crippen LogP contribution in [0.15, 0.2) is 77.7 Å². The number of nitrogens with zero attached hydrogens (tertiary/aromatic N) is 4. The number of alkyl halides is 2. The first-order valence-electron chi connectivity index (χ1n) is 16.4. The summed E-state index contributed by atoms with van der Waals surface area (Å²) < 4.78 is 77.7. The van der Waals surface area contributed by atoms with Crippen molar-refractivity contribution in [3.63, 3.8) is 0 Å². The SMILES string of the molecule is Cn1c(-c2cc3ccccc3n2CC2CC2)nc2cc3c(cc21)CCN(CC(N[S+]([O-])C(C)(C)C)C(F)(F)S(=O)(=O)c1ccccc1)C3=O. The van der Waals surface area contributed by atoms with Crippen molar-refractivity contribution >= 4 is 49.0 Å². The number of aromatic nitrogens is 3. The van der Waals surface area contributed by atoms with Gasteiger partial charge in [0.05, 0.1) is 21.6 Å². The first kappa shape index (κ1) is 33.7. The summed E-state index contributed by atoms with van der Waals surface area (Å²) in [7, 11) is -3.26. The molecular weight excluding hydrogens is 669 g/mol. The topological polar surface area (TPSA) is 112 Å². The van der Waals surface area contributed by atoms with Gasteiger partial charge in [-0.25, -0.2) is 13.4 Å². The van der Waals surface area contributed by atoms with E-state index in [2.05, 4.69) is 27.5 Å². The Kier molecular flexibility index (Phi) is 8.40. The number of amides is 1. The number of halogens is 2. The normalized spacial score (nSPS) is 17.1. The number of carbonyl (C=O) groups excluding carboxylic acids is 1. The van der Waals surface area contributed by atoms with Crippen LogP contribution in [-0.2, 0) is 41.2 Å². The van der Waals surface area contributed by atoms with E-state index in [4.69, 9.17) is 4.98 Å². The molecule has 3 heterocycles. The van der Waals surface area contributed by atoms with E-state index in [1.807, 2.05) is 29.8 Å². The third kappa shape index (κ3) is 6.04. The number of rotatable bonds is 10. The van der Waals surface area contributed by atoms with Crippen LogP contribution >= 0.6 is 0 Å². The van der Waals surface area contributed by atoms with E-state index in [0.717, 1.165) is 52.2 Å². The fourth-order valence-corrected chi connectivity index (χ4v) is 8.70. The number of fused-ring (bicyclic) bond motifs is 3. The molecule has 0 radical (unpaired) electrons. The number of nitrogens with one attached hydrogen (secondary N) is 1. The van der Waals surface area contributed by atoms with E-state index in [-0.39, 0.29) is 6.54 Å². The van der Waals surface area contributed by atoms with Gasteiger partial charge >= 0.3 is 5.25 Å². The first-order chi connectivity index (χ1) is 23.2. The molecule has 258 valence electrons. The third-order valence-electron chi connectivity index (χ3n) is 9.48. The Morgan fingerprint density at radius 1 is 1.02 bits per heavy atom. The molecule has 9 nitrogen and oxygen atoms in total. The first-order valence-corrected chi connectivity index (χ1v) is 19.0. The zero-order valence-electron chi connectivity index (χ0n) is 27.8. The van der Waals surface area contributed by atoms with E-state index >= 15 is 8.78 Å². The molecule has 0 spiro atoms. The van der Waals surface area contributed by atoms with Crippen molar-refractivity contribution in [3.05, 3.63) is 83.9 Å². The Hall–Kier alpha value is -3.78. The molecule has 1 N–H and O–H groups in total. The average Bonchev–Trinajstić information content (AvgIpc) is 3.74. The van der Waals surface area contributed by atoms with Gasteiger partial charge in [-0.05, 0) is 87.9 Å². The van der Waals surface area contributed by atoms with Crippen LogP contribution in [-0.4, -0.2) is 67.0 Å². The van der Waals surface area contributed by atoms with Crippen molar-refractivity contribution in [2.45, 2.75) is 67.5 Å². The van der Waals surface area contributed by atoms with Crippen molar-refractivity contribution in [2.75, 3.05) is 13.1 Å². The summed E-state index contributed by atoms with van der Waals surface area (Å²) in [5.74, 6) is 0.881. The molecule has 5 aromatic rings. The van der Waals surface area contributed by atoms with Crippen LogP contribution in [0.2, 0.25) is 0 Å². The molecule has 7 rings (SSSR count). The molecule has 2 aliphatic rings. The Labute approximate surface area is 287 Å². The quantitative estimate of drug-likeness (QED) is 0.176. The maximum atomic E-state index is 16.1. The standard InChI is InChI=1S/C36H39F2N5O4S2/c1-35(2,3)48(45)40-32(36(37,38)49(46,47)26-11-6-5-7-12-26)22-42-17-16-24-18-30-28(20-27(24)34(42)44)39-33(41(30)4)31-19-25-10-8-9-13-29(25)43(31)21-23-14-15-23/h5-13,18-20,23,32,40H,14-17,21-22H2,1-4H3. The molecule has 2 aromatic heterocycles. The molecule has 2 atom stereocenters. The maximum Gasteiger partial charge on any atom is 0.370 e. The number of carbonyl (C=O) groups is 1. The largest absolute Gasteiger partial charge is 0.598 e. The fraction of sp³-hybridized carbons (Fsp3) is 0.389. The number of para-hydroxylation sites is 1. The summed E-state index contributed by atoms with van der Waals surface area (Å²) >= 11 is -2.06. The van der Waals surface area contributed by atoms with Gasteiger partial charge in [0.1, 0.15) is 10.8 Å². The average molecular weight is 708 g/mol. The number of sulfone groups is 1. The van der Waals surface area contributed by atoms with Crippen molar-refractivity contribution in [1.29, 1.82) is 0 Å². The summed E-state index contributed by atoms with van der Waals surface area (Å²) in [5, 5.41) is -3.27. The number of hydrogen-bond donors (Lipinski definition) is 1. The lowest BCUT2D eigenvalue weighted by atomic mass is 9.97.